The number of hydrogen-bond donors (Lipinski definition) is 3. The molecule has 0 fully saturated rings. The van der Waals surface area contributed by atoms with Crippen molar-refractivity contribution in [2.75, 3.05) is 5.32 Å². The van der Waals surface area contributed by atoms with E-state index in [2.05, 4.69) is 5.32 Å². The molecule has 3 N–H and O–H groups in total. The lowest BCUT2D eigenvalue weighted by molar-refractivity contribution is 0.400. The van der Waals surface area contributed by atoms with E-state index in [-0.39, 0.29) is 17.3 Å². The maximum absolute atomic E-state index is 13.1. The van der Waals surface area contributed by atoms with E-state index in [1.54, 1.807) is 31.2 Å². The van der Waals surface area contributed by atoms with Gasteiger partial charge in [0.15, 0.2) is 11.5 Å². The number of nitrogens with one attached hydrogen (secondary N) is 1. The number of phenols is 2. The van der Waals surface area contributed by atoms with Crippen LogP contribution in [0.2, 0.25) is 0 Å². The largest absolute Gasteiger partial charge is 0.504 e. The number of phenolic OH excluding ortho intramolecular Hbond substituents is 2. The van der Waals surface area contributed by atoms with E-state index in [4.69, 9.17) is 0 Å². The minimum Gasteiger partial charge on any atom is -0.504 e. The highest BCUT2D eigenvalue weighted by Gasteiger charge is 2.05. The summed E-state index contributed by atoms with van der Waals surface area (Å²) in [6.45, 7) is 2.04. The van der Waals surface area contributed by atoms with Crippen LogP contribution in [0.4, 0.5) is 10.1 Å². The Hall–Kier alpha value is -2.23. The monoisotopic (exact) mass is 247 g/mol. The van der Waals surface area contributed by atoms with Gasteiger partial charge >= 0.3 is 0 Å². The zero-order valence-corrected chi connectivity index (χ0v) is 9.94. The molecule has 0 atom stereocenters. The van der Waals surface area contributed by atoms with Gasteiger partial charge in [-0.05, 0) is 36.8 Å². The van der Waals surface area contributed by atoms with E-state index < -0.39 is 0 Å². The molecule has 0 heterocycles. The smallest absolute Gasteiger partial charge is 0.162 e. The van der Waals surface area contributed by atoms with Crippen molar-refractivity contribution >= 4 is 5.69 Å². The lowest BCUT2D eigenvalue weighted by Gasteiger charge is -2.09. The van der Waals surface area contributed by atoms with E-state index in [1.807, 2.05) is 0 Å². The van der Waals surface area contributed by atoms with Crippen molar-refractivity contribution in [1.29, 1.82) is 0 Å². The normalized spacial score (nSPS) is 10.3. The Morgan fingerprint density at radius 2 is 1.94 bits per heavy atom. The number of halogens is 1. The minimum absolute atomic E-state index is 0.135. The highest BCUT2D eigenvalue weighted by atomic mass is 19.1. The summed E-state index contributed by atoms with van der Waals surface area (Å²) < 4.78 is 13.1. The van der Waals surface area contributed by atoms with Gasteiger partial charge in [0.05, 0.1) is 0 Å². The summed E-state index contributed by atoms with van der Waals surface area (Å²) >= 11 is 0. The molecule has 18 heavy (non-hydrogen) atoms. The number of aryl methyl sites for hydroxylation is 1. The van der Waals surface area contributed by atoms with Crippen molar-refractivity contribution in [3.63, 3.8) is 0 Å². The standard InChI is InChI=1S/C14H14FNO2/c1-9-7-11(5-6-12(9)15)16-8-10-3-2-4-13(17)14(10)18/h2-7,16-18H,8H2,1H3. The maximum atomic E-state index is 13.1. The Labute approximate surface area is 105 Å². The Balaban J connectivity index is 2.11. The predicted molar refractivity (Wildman–Crippen MR) is 68.2 cm³/mol. The minimum atomic E-state index is -0.249. The van der Waals surface area contributed by atoms with Gasteiger partial charge in [0.25, 0.3) is 0 Å². The second-order valence-electron chi connectivity index (χ2n) is 4.10. The van der Waals surface area contributed by atoms with Crippen LogP contribution in [-0.2, 0) is 6.54 Å². The first-order chi connectivity index (χ1) is 8.58. The molecule has 3 nitrogen and oxygen atoms in total. The molecule has 0 aliphatic heterocycles. The summed E-state index contributed by atoms with van der Waals surface area (Å²) in [5.74, 6) is -0.533. The van der Waals surface area contributed by atoms with Gasteiger partial charge in [-0.15, -0.1) is 0 Å². The second kappa shape index (κ2) is 4.96. The van der Waals surface area contributed by atoms with Crippen molar-refractivity contribution in [3.05, 3.63) is 53.3 Å². The lowest BCUT2D eigenvalue weighted by atomic mass is 10.1. The molecule has 0 saturated carbocycles. The van der Waals surface area contributed by atoms with Gasteiger partial charge in [-0.25, -0.2) is 4.39 Å². The van der Waals surface area contributed by atoms with Crippen LogP contribution >= 0.6 is 0 Å². The third-order valence-electron chi connectivity index (χ3n) is 2.74. The Morgan fingerprint density at radius 3 is 2.67 bits per heavy atom. The zero-order valence-electron chi connectivity index (χ0n) is 9.94. The maximum Gasteiger partial charge on any atom is 0.162 e. The molecule has 2 aromatic rings. The third-order valence-corrected chi connectivity index (χ3v) is 2.74. The van der Waals surface area contributed by atoms with Gasteiger partial charge in [0.2, 0.25) is 0 Å². The second-order valence-corrected chi connectivity index (χ2v) is 4.10. The summed E-state index contributed by atoms with van der Waals surface area (Å²) in [4.78, 5) is 0. The fourth-order valence-corrected chi connectivity index (χ4v) is 1.67. The van der Waals surface area contributed by atoms with Gasteiger partial charge in [-0.2, -0.15) is 0 Å². The van der Waals surface area contributed by atoms with Crippen LogP contribution in [0, 0.1) is 12.7 Å². The molecule has 0 saturated heterocycles. The first-order valence-corrected chi connectivity index (χ1v) is 5.58. The highest BCUT2D eigenvalue weighted by molar-refractivity contribution is 5.49. The van der Waals surface area contributed by atoms with Crippen molar-refractivity contribution in [1.82, 2.24) is 0 Å². The summed E-state index contributed by atoms with van der Waals surface area (Å²) in [6, 6.07) is 9.48. The molecule has 4 heteroatoms. The summed E-state index contributed by atoms with van der Waals surface area (Å²) in [5, 5.41) is 22.0. The van der Waals surface area contributed by atoms with Crippen molar-refractivity contribution in [3.8, 4) is 11.5 Å². The molecule has 0 spiro atoms. The van der Waals surface area contributed by atoms with Gasteiger partial charge in [-0.3, -0.25) is 0 Å². The number of aromatic hydroxyl groups is 2. The van der Waals surface area contributed by atoms with Crippen molar-refractivity contribution in [2.24, 2.45) is 0 Å². The van der Waals surface area contributed by atoms with Crippen LogP contribution in [0.5, 0.6) is 11.5 Å². The number of benzene rings is 2. The fourth-order valence-electron chi connectivity index (χ4n) is 1.67. The molecular weight excluding hydrogens is 233 g/mol. The summed E-state index contributed by atoms with van der Waals surface area (Å²) in [5.41, 5.74) is 1.90. The molecule has 0 aromatic heterocycles. The average Bonchev–Trinajstić information content (AvgIpc) is 2.35. The summed E-state index contributed by atoms with van der Waals surface area (Å²) in [6.07, 6.45) is 0. The molecule has 0 amide bonds. The first kappa shape index (κ1) is 12.2. The third kappa shape index (κ3) is 2.53. The van der Waals surface area contributed by atoms with Crippen LogP contribution in [0.1, 0.15) is 11.1 Å². The molecule has 2 aromatic carbocycles. The highest BCUT2D eigenvalue weighted by Crippen LogP contribution is 2.28. The molecular formula is C14H14FNO2. The molecule has 94 valence electrons. The van der Waals surface area contributed by atoms with E-state index in [0.29, 0.717) is 17.7 Å². The van der Waals surface area contributed by atoms with E-state index in [9.17, 15) is 14.6 Å². The van der Waals surface area contributed by atoms with E-state index >= 15 is 0 Å². The molecule has 2 rings (SSSR count). The van der Waals surface area contributed by atoms with Crippen LogP contribution in [-0.4, -0.2) is 10.2 Å². The van der Waals surface area contributed by atoms with E-state index in [0.717, 1.165) is 5.69 Å². The first-order valence-electron chi connectivity index (χ1n) is 5.58. The van der Waals surface area contributed by atoms with E-state index in [1.165, 1.54) is 12.1 Å². The van der Waals surface area contributed by atoms with Gasteiger partial charge in [0, 0.05) is 17.8 Å². The number of para-hydroxylation sites is 1. The van der Waals surface area contributed by atoms with Gasteiger partial charge in [-0.1, -0.05) is 12.1 Å². The zero-order chi connectivity index (χ0) is 13.1. The molecule has 0 aliphatic rings. The Morgan fingerprint density at radius 1 is 1.17 bits per heavy atom. The number of rotatable bonds is 3. The lowest BCUT2D eigenvalue weighted by Crippen LogP contribution is -2.00. The van der Waals surface area contributed by atoms with Crippen LogP contribution in [0.3, 0.4) is 0 Å². The topological polar surface area (TPSA) is 52.5 Å². The molecule has 0 radical (unpaired) electrons. The van der Waals surface area contributed by atoms with Gasteiger partial charge in [0.1, 0.15) is 5.82 Å². The number of hydrogen-bond acceptors (Lipinski definition) is 3. The molecule has 0 unspecified atom stereocenters. The molecule has 0 bridgehead atoms. The number of anilines is 1. The van der Waals surface area contributed by atoms with Crippen molar-refractivity contribution < 1.29 is 14.6 Å². The fraction of sp³-hybridized carbons (Fsp3) is 0.143. The average molecular weight is 247 g/mol. The SMILES string of the molecule is Cc1cc(NCc2cccc(O)c2O)ccc1F. The Bertz CT molecular complexity index is 570. The van der Waals surface area contributed by atoms with Gasteiger partial charge < -0.3 is 15.5 Å². The van der Waals surface area contributed by atoms with Crippen LogP contribution in [0.15, 0.2) is 36.4 Å². The summed E-state index contributed by atoms with van der Waals surface area (Å²) in [7, 11) is 0. The van der Waals surface area contributed by atoms with Crippen LogP contribution in [0.25, 0.3) is 0 Å². The molecule has 0 aliphatic carbocycles. The predicted octanol–water partition coefficient (Wildman–Crippen LogP) is 3.16. The quantitative estimate of drug-likeness (QED) is 0.730. The Kier molecular flexibility index (Phi) is 3.37. The van der Waals surface area contributed by atoms with Crippen LogP contribution < -0.4 is 5.32 Å². The van der Waals surface area contributed by atoms with Crippen molar-refractivity contribution in [2.45, 2.75) is 13.5 Å².